The van der Waals surface area contributed by atoms with Crippen LogP contribution in [0.4, 0.5) is 15.8 Å². The third-order valence-electron chi connectivity index (χ3n) is 4.05. The van der Waals surface area contributed by atoms with E-state index in [1.54, 1.807) is 30.3 Å². The molecule has 0 aliphatic heterocycles. The molecule has 8 heteroatoms. The second-order valence-corrected chi connectivity index (χ2v) is 6.19. The molecule has 0 spiro atoms. The van der Waals surface area contributed by atoms with Crippen LogP contribution in [0, 0.1) is 15.9 Å². The van der Waals surface area contributed by atoms with Gasteiger partial charge in [-0.2, -0.15) is 0 Å². The normalized spacial score (nSPS) is 10.9. The van der Waals surface area contributed by atoms with E-state index in [1.165, 1.54) is 54.6 Å². The predicted molar refractivity (Wildman–Crippen MR) is 110 cm³/mol. The molecular weight excluding hydrogens is 389 g/mol. The number of non-ortho nitro benzene ring substituents is 1. The highest BCUT2D eigenvalue weighted by Crippen LogP contribution is 2.16. The average Bonchev–Trinajstić information content (AvgIpc) is 2.75. The molecule has 0 aliphatic carbocycles. The van der Waals surface area contributed by atoms with Gasteiger partial charge in [-0.1, -0.05) is 18.2 Å². The Labute approximate surface area is 171 Å². The van der Waals surface area contributed by atoms with E-state index in [4.69, 9.17) is 0 Å². The van der Waals surface area contributed by atoms with Gasteiger partial charge < -0.3 is 10.6 Å². The Morgan fingerprint density at radius 2 is 1.53 bits per heavy atom. The van der Waals surface area contributed by atoms with Gasteiger partial charge in [0.1, 0.15) is 11.5 Å². The zero-order valence-electron chi connectivity index (χ0n) is 15.5. The molecule has 0 aliphatic rings. The SMILES string of the molecule is O=C(Nc1ccc(F)cc1)/C(=C/c1ccc([N+](=O)[O-])cc1)NC(=O)c1ccccc1. The van der Waals surface area contributed by atoms with Crippen LogP contribution in [-0.4, -0.2) is 16.7 Å². The van der Waals surface area contributed by atoms with E-state index in [-0.39, 0.29) is 11.4 Å². The Morgan fingerprint density at radius 3 is 2.13 bits per heavy atom. The highest BCUT2D eigenvalue weighted by atomic mass is 19.1. The molecule has 2 amide bonds. The number of carbonyl (C=O) groups is 2. The van der Waals surface area contributed by atoms with E-state index in [0.29, 0.717) is 16.8 Å². The molecule has 0 saturated heterocycles. The van der Waals surface area contributed by atoms with E-state index < -0.39 is 22.6 Å². The number of hydrogen-bond acceptors (Lipinski definition) is 4. The number of nitrogens with zero attached hydrogens (tertiary/aromatic N) is 1. The molecule has 0 heterocycles. The van der Waals surface area contributed by atoms with E-state index in [0.717, 1.165) is 0 Å². The standard InChI is InChI=1S/C22H16FN3O4/c23-17-8-10-18(11-9-17)24-22(28)20(25-21(27)16-4-2-1-3-5-16)14-15-6-12-19(13-7-15)26(29)30/h1-14H,(H,24,28)(H,25,27)/b20-14-. The van der Waals surface area contributed by atoms with Gasteiger partial charge in [0.2, 0.25) is 0 Å². The first-order valence-corrected chi connectivity index (χ1v) is 8.82. The Balaban J connectivity index is 1.88. The van der Waals surface area contributed by atoms with Crippen molar-refractivity contribution in [1.29, 1.82) is 0 Å². The third-order valence-corrected chi connectivity index (χ3v) is 4.05. The maximum atomic E-state index is 13.1. The zero-order valence-corrected chi connectivity index (χ0v) is 15.5. The van der Waals surface area contributed by atoms with Gasteiger partial charge in [0.25, 0.3) is 17.5 Å². The van der Waals surface area contributed by atoms with Crippen LogP contribution in [0.3, 0.4) is 0 Å². The highest BCUT2D eigenvalue weighted by Gasteiger charge is 2.15. The molecule has 150 valence electrons. The molecule has 7 nitrogen and oxygen atoms in total. The molecule has 0 radical (unpaired) electrons. The summed E-state index contributed by atoms with van der Waals surface area (Å²) in [4.78, 5) is 35.5. The number of hydrogen-bond donors (Lipinski definition) is 2. The van der Waals surface area contributed by atoms with Crippen LogP contribution in [0.1, 0.15) is 15.9 Å². The first-order valence-electron chi connectivity index (χ1n) is 8.82. The topological polar surface area (TPSA) is 101 Å². The minimum Gasteiger partial charge on any atom is -0.321 e. The van der Waals surface area contributed by atoms with Crippen LogP contribution in [0.5, 0.6) is 0 Å². The fraction of sp³-hybridized carbons (Fsp3) is 0. The summed E-state index contributed by atoms with van der Waals surface area (Å²) in [5.74, 6) is -1.59. The second-order valence-electron chi connectivity index (χ2n) is 6.19. The number of carbonyl (C=O) groups excluding carboxylic acids is 2. The zero-order chi connectivity index (χ0) is 21.5. The fourth-order valence-corrected chi connectivity index (χ4v) is 2.53. The predicted octanol–water partition coefficient (Wildman–Crippen LogP) is 4.14. The van der Waals surface area contributed by atoms with E-state index >= 15 is 0 Å². The maximum absolute atomic E-state index is 13.1. The van der Waals surface area contributed by atoms with Gasteiger partial charge in [-0.05, 0) is 60.2 Å². The van der Waals surface area contributed by atoms with Crippen molar-refractivity contribution in [3.8, 4) is 0 Å². The number of anilines is 1. The average molecular weight is 405 g/mol. The number of nitro benzene ring substituents is 1. The minimum atomic E-state index is -0.635. The van der Waals surface area contributed by atoms with Crippen molar-refractivity contribution >= 4 is 29.3 Å². The number of nitro groups is 1. The van der Waals surface area contributed by atoms with Crippen molar-refractivity contribution in [3.05, 3.63) is 112 Å². The largest absolute Gasteiger partial charge is 0.321 e. The Morgan fingerprint density at radius 1 is 0.900 bits per heavy atom. The Kier molecular flexibility index (Phi) is 6.29. The molecule has 3 aromatic rings. The molecule has 0 aromatic heterocycles. The van der Waals surface area contributed by atoms with Gasteiger partial charge in [0, 0.05) is 23.4 Å². The number of amides is 2. The first-order chi connectivity index (χ1) is 14.4. The van der Waals surface area contributed by atoms with E-state index in [9.17, 15) is 24.1 Å². The molecule has 0 unspecified atom stereocenters. The molecule has 3 rings (SSSR count). The Hall–Kier alpha value is -4.33. The van der Waals surface area contributed by atoms with Crippen LogP contribution in [-0.2, 0) is 4.79 Å². The van der Waals surface area contributed by atoms with Crippen LogP contribution in [0.25, 0.3) is 6.08 Å². The van der Waals surface area contributed by atoms with Gasteiger partial charge in [-0.3, -0.25) is 19.7 Å². The maximum Gasteiger partial charge on any atom is 0.272 e. The number of rotatable bonds is 6. The monoisotopic (exact) mass is 405 g/mol. The van der Waals surface area contributed by atoms with Gasteiger partial charge >= 0.3 is 0 Å². The summed E-state index contributed by atoms with van der Waals surface area (Å²) in [5.41, 5.74) is 0.977. The quantitative estimate of drug-likeness (QED) is 0.365. The molecule has 0 bridgehead atoms. The third kappa shape index (κ3) is 5.35. The van der Waals surface area contributed by atoms with Crippen molar-refractivity contribution in [1.82, 2.24) is 5.32 Å². The van der Waals surface area contributed by atoms with Gasteiger partial charge in [0.15, 0.2) is 0 Å². The number of benzene rings is 3. The van der Waals surface area contributed by atoms with E-state index in [1.807, 2.05) is 0 Å². The lowest BCUT2D eigenvalue weighted by molar-refractivity contribution is -0.384. The van der Waals surface area contributed by atoms with Crippen molar-refractivity contribution in [2.75, 3.05) is 5.32 Å². The van der Waals surface area contributed by atoms with Crippen molar-refractivity contribution < 1.29 is 18.9 Å². The molecule has 30 heavy (non-hydrogen) atoms. The summed E-state index contributed by atoms with van der Waals surface area (Å²) in [5, 5.41) is 15.9. The van der Waals surface area contributed by atoms with Crippen LogP contribution in [0.2, 0.25) is 0 Å². The van der Waals surface area contributed by atoms with Crippen LogP contribution >= 0.6 is 0 Å². The summed E-state index contributed by atoms with van der Waals surface area (Å²) < 4.78 is 13.1. The second kappa shape index (κ2) is 9.24. The lowest BCUT2D eigenvalue weighted by atomic mass is 10.1. The van der Waals surface area contributed by atoms with Crippen LogP contribution in [0.15, 0.2) is 84.6 Å². The smallest absolute Gasteiger partial charge is 0.272 e. The number of nitrogens with one attached hydrogen (secondary N) is 2. The van der Waals surface area contributed by atoms with Gasteiger partial charge in [0.05, 0.1) is 4.92 Å². The van der Waals surface area contributed by atoms with Crippen molar-refractivity contribution in [3.63, 3.8) is 0 Å². The lowest BCUT2D eigenvalue weighted by Crippen LogP contribution is -2.30. The molecule has 0 fully saturated rings. The van der Waals surface area contributed by atoms with Gasteiger partial charge in [-0.25, -0.2) is 4.39 Å². The summed E-state index contributed by atoms with van der Waals surface area (Å²) in [6, 6.07) is 19.0. The molecule has 3 aromatic carbocycles. The summed E-state index contributed by atoms with van der Waals surface area (Å²) >= 11 is 0. The lowest BCUT2D eigenvalue weighted by Gasteiger charge is -2.11. The Bertz CT molecular complexity index is 1100. The highest BCUT2D eigenvalue weighted by molar-refractivity contribution is 6.10. The number of halogens is 1. The van der Waals surface area contributed by atoms with Crippen molar-refractivity contribution in [2.45, 2.75) is 0 Å². The minimum absolute atomic E-state index is 0.0815. The summed E-state index contributed by atoms with van der Waals surface area (Å²) in [6.07, 6.45) is 1.39. The fourth-order valence-electron chi connectivity index (χ4n) is 2.53. The van der Waals surface area contributed by atoms with Crippen molar-refractivity contribution in [2.24, 2.45) is 0 Å². The van der Waals surface area contributed by atoms with Crippen LogP contribution < -0.4 is 10.6 Å². The molecule has 0 atom stereocenters. The summed E-state index contributed by atoms with van der Waals surface area (Å²) in [7, 11) is 0. The van der Waals surface area contributed by atoms with Gasteiger partial charge in [-0.15, -0.1) is 0 Å². The molecule has 2 N–H and O–H groups in total. The summed E-state index contributed by atoms with van der Waals surface area (Å²) in [6.45, 7) is 0. The molecular formula is C22H16FN3O4. The first kappa shape index (κ1) is 20.4. The van der Waals surface area contributed by atoms with E-state index in [2.05, 4.69) is 10.6 Å². The molecule has 0 saturated carbocycles.